The summed E-state index contributed by atoms with van der Waals surface area (Å²) in [4.78, 5) is 4.42. The number of methoxy groups -OCH3 is 1. The Morgan fingerprint density at radius 2 is 2.10 bits per heavy atom. The van der Waals surface area contributed by atoms with Gasteiger partial charge in [0, 0.05) is 12.0 Å². The molecule has 0 radical (unpaired) electrons. The van der Waals surface area contributed by atoms with Crippen LogP contribution in [-0.4, -0.2) is 32.0 Å². The molecule has 150 valence electrons. The average molecular weight is 411 g/mol. The second-order valence-electron chi connectivity index (χ2n) is 6.35. The lowest BCUT2D eigenvalue weighted by Gasteiger charge is -2.09. The first-order valence-electron chi connectivity index (χ1n) is 9.31. The SMILES string of the molecule is CCCc1noc(CSc2nnc(-c3cccc(OC)c3)n2Cc2ccco2)n1. The lowest BCUT2D eigenvalue weighted by molar-refractivity contribution is 0.384. The van der Waals surface area contributed by atoms with Crippen LogP contribution in [0.4, 0.5) is 0 Å². The number of furan rings is 1. The van der Waals surface area contributed by atoms with Crippen LogP contribution in [0.15, 0.2) is 56.8 Å². The molecule has 1 aromatic carbocycles. The first-order valence-corrected chi connectivity index (χ1v) is 10.3. The molecule has 8 nitrogen and oxygen atoms in total. The van der Waals surface area contributed by atoms with Crippen molar-refractivity contribution in [3.8, 4) is 17.1 Å². The Morgan fingerprint density at radius 1 is 1.17 bits per heavy atom. The van der Waals surface area contributed by atoms with E-state index in [1.807, 2.05) is 41.0 Å². The summed E-state index contributed by atoms with van der Waals surface area (Å²) in [7, 11) is 1.64. The largest absolute Gasteiger partial charge is 0.497 e. The number of hydrogen-bond donors (Lipinski definition) is 0. The van der Waals surface area contributed by atoms with Gasteiger partial charge in [-0.2, -0.15) is 4.98 Å². The molecule has 4 aromatic rings. The van der Waals surface area contributed by atoms with Crippen LogP contribution in [0.5, 0.6) is 5.75 Å². The van der Waals surface area contributed by atoms with Gasteiger partial charge in [-0.15, -0.1) is 10.2 Å². The van der Waals surface area contributed by atoms with Crippen molar-refractivity contribution >= 4 is 11.8 Å². The molecule has 0 aliphatic carbocycles. The number of aryl methyl sites for hydroxylation is 1. The fraction of sp³-hybridized carbons (Fsp3) is 0.300. The molecule has 0 spiro atoms. The molecule has 3 aromatic heterocycles. The molecule has 0 amide bonds. The number of ether oxygens (including phenoxy) is 1. The minimum absolute atomic E-state index is 0.514. The molecule has 0 N–H and O–H groups in total. The van der Waals surface area contributed by atoms with Crippen LogP contribution in [0.1, 0.15) is 30.8 Å². The first-order chi connectivity index (χ1) is 14.3. The fourth-order valence-corrected chi connectivity index (χ4v) is 3.65. The van der Waals surface area contributed by atoms with Crippen LogP contribution in [0, 0.1) is 0 Å². The Labute approximate surface area is 172 Å². The van der Waals surface area contributed by atoms with Crippen molar-refractivity contribution in [3.05, 3.63) is 60.1 Å². The smallest absolute Gasteiger partial charge is 0.237 e. The maximum atomic E-state index is 5.54. The highest BCUT2D eigenvalue weighted by atomic mass is 32.2. The quantitative estimate of drug-likeness (QED) is 0.378. The topological polar surface area (TPSA) is 92.0 Å². The van der Waals surface area contributed by atoms with Gasteiger partial charge >= 0.3 is 0 Å². The van der Waals surface area contributed by atoms with E-state index in [4.69, 9.17) is 13.7 Å². The highest BCUT2D eigenvalue weighted by Crippen LogP contribution is 2.29. The van der Waals surface area contributed by atoms with Crippen molar-refractivity contribution in [1.29, 1.82) is 0 Å². The van der Waals surface area contributed by atoms with Crippen LogP contribution in [0.2, 0.25) is 0 Å². The monoisotopic (exact) mass is 411 g/mol. The average Bonchev–Trinajstić information content (AvgIpc) is 3.49. The molecule has 3 heterocycles. The number of thioether (sulfide) groups is 1. The lowest BCUT2D eigenvalue weighted by Crippen LogP contribution is -2.03. The molecule has 0 aliphatic heterocycles. The number of rotatable bonds is 9. The Balaban J connectivity index is 1.61. The zero-order valence-electron chi connectivity index (χ0n) is 16.2. The van der Waals surface area contributed by atoms with Gasteiger partial charge in [-0.3, -0.25) is 4.57 Å². The van der Waals surface area contributed by atoms with Gasteiger partial charge in [0.15, 0.2) is 16.8 Å². The van der Waals surface area contributed by atoms with E-state index in [-0.39, 0.29) is 0 Å². The van der Waals surface area contributed by atoms with Crippen LogP contribution in [-0.2, 0) is 18.7 Å². The number of benzene rings is 1. The van der Waals surface area contributed by atoms with E-state index in [1.165, 1.54) is 11.8 Å². The van der Waals surface area contributed by atoms with Gasteiger partial charge in [-0.1, -0.05) is 36.0 Å². The van der Waals surface area contributed by atoms with Gasteiger partial charge in [-0.25, -0.2) is 0 Å². The van der Waals surface area contributed by atoms with Gasteiger partial charge in [0.05, 0.1) is 25.7 Å². The van der Waals surface area contributed by atoms with E-state index in [2.05, 4.69) is 27.3 Å². The molecule has 4 rings (SSSR count). The maximum absolute atomic E-state index is 5.54. The van der Waals surface area contributed by atoms with Crippen molar-refractivity contribution < 1.29 is 13.7 Å². The predicted molar refractivity (Wildman–Crippen MR) is 108 cm³/mol. The van der Waals surface area contributed by atoms with Crippen molar-refractivity contribution in [2.24, 2.45) is 0 Å². The summed E-state index contributed by atoms with van der Waals surface area (Å²) in [5.41, 5.74) is 0.915. The van der Waals surface area contributed by atoms with Gasteiger partial charge in [0.2, 0.25) is 5.89 Å². The fourth-order valence-electron chi connectivity index (χ4n) is 2.87. The second-order valence-corrected chi connectivity index (χ2v) is 7.29. The summed E-state index contributed by atoms with van der Waals surface area (Å²) in [6.07, 6.45) is 3.45. The van der Waals surface area contributed by atoms with E-state index >= 15 is 0 Å². The zero-order valence-corrected chi connectivity index (χ0v) is 17.1. The Morgan fingerprint density at radius 3 is 2.90 bits per heavy atom. The van der Waals surface area contributed by atoms with Crippen molar-refractivity contribution in [2.45, 2.75) is 37.2 Å². The van der Waals surface area contributed by atoms with Crippen molar-refractivity contribution in [3.63, 3.8) is 0 Å². The maximum Gasteiger partial charge on any atom is 0.237 e. The highest BCUT2D eigenvalue weighted by Gasteiger charge is 2.17. The second kappa shape index (κ2) is 8.95. The Hall–Kier alpha value is -3.07. The van der Waals surface area contributed by atoms with E-state index in [0.717, 1.165) is 46.7 Å². The van der Waals surface area contributed by atoms with E-state index in [0.29, 0.717) is 18.2 Å². The minimum Gasteiger partial charge on any atom is -0.497 e. The third-order valence-corrected chi connectivity index (χ3v) is 5.20. The molecule has 0 aliphatic rings. The lowest BCUT2D eigenvalue weighted by atomic mass is 10.2. The number of hydrogen-bond acceptors (Lipinski definition) is 8. The summed E-state index contributed by atoms with van der Waals surface area (Å²) >= 11 is 1.50. The summed E-state index contributed by atoms with van der Waals surface area (Å²) in [6, 6.07) is 11.5. The first kappa shape index (κ1) is 19.3. The Bertz CT molecular complexity index is 1060. The van der Waals surface area contributed by atoms with Gasteiger partial charge in [0.1, 0.15) is 11.5 Å². The van der Waals surface area contributed by atoms with Crippen LogP contribution in [0.25, 0.3) is 11.4 Å². The summed E-state index contributed by atoms with van der Waals surface area (Å²) in [5, 5.41) is 13.6. The molecule has 0 saturated heterocycles. The molecular weight excluding hydrogens is 390 g/mol. The molecule has 0 fully saturated rings. The molecule has 0 bridgehead atoms. The third-order valence-electron chi connectivity index (χ3n) is 4.25. The predicted octanol–water partition coefficient (Wildman–Crippen LogP) is 4.22. The summed E-state index contributed by atoms with van der Waals surface area (Å²) in [6.45, 7) is 2.60. The molecule has 9 heteroatoms. The molecular formula is C20H21N5O3S. The van der Waals surface area contributed by atoms with Crippen molar-refractivity contribution in [1.82, 2.24) is 24.9 Å². The van der Waals surface area contributed by atoms with Crippen LogP contribution >= 0.6 is 11.8 Å². The third kappa shape index (κ3) is 4.51. The van der Waals surface area contributed by atoms with E-state index < -0.39 is 0 Å². The van der Waals surface area contributed by atoms with Crippen LogP contribution in [0.3, 0.4) is 0 Å². The molecule has 0 atom stereocenters. The van der Waals surface area contributed by atoms with Gasteiger partial charge in [-0.05, 0) is 30.7 Å². The van der Waals surface area contributed by atoms with Gasteiger partial charge < -0.3 is 13.7 Å². The highest BCUT2D eigenvalue weighted by molar-refractivity contribution is 7.98. The number of nitrogens with zero attached hydrogens (tertiary/aromatic N) is 5. The van der Waals surface area contributed by atoms with Crippen molar-refractivity contribution in [2.75, 3.05) is 7.11 Å². The minimum atomic E-state index is 0.514. The molecule has 0 unspecified atom stereocenters. The van der Waals surface area contributed by atoms with Crippen LogP contribution < -0.4 is 4.74 Å². The van der Waals surface area contributed by atoms with E-state index in [9.17, 15) is 0 Å². The summed E-state index contributed by atoms with van der Waals surface area (Å²) < 4.78 is 18.2. The zero-order chi connectivity index (χ0) is 20.1. The summed E-state index contributed by atoms with van der Waals surface area (Å²) in [5.74, 6) is 4.15. The number of aromatic nitrogens is 5. The standard InChI is InChI=1S/C20H21N5O3S/c1-3-6-17-21-18(28-24-17)13-29-20-23-22-19(14-7-4-8-15(11-14)26-2)25(20)12-16-9-5-10-27-16/h4-5,7-11H,3,6,12-13H2,1-2H3. The molecule has 0 saturated carbocycles. The Kier molecular flexibility index (Phi) is 5.95. The van der Waals surface area contributed by atoms with Gasteiger partial charge in [0.25, 0.3) is 0 Å². The molecule has 29 heavy (non-hydrogen) atoms. The van der Waals surface area contributed by atoms with E-state index in [1.54, 1.807) is 13.4 Å². The normalized spacial score (nSPS) is 11.1.